The highest BCUT2D eigenvalue weighted by Crippen LogP contribution is 2.43. The molecule has 1 aliphatic rings. The van der Waals surface area contributed by atoms with Crippen molar-refractivity contribution in [3.05, 3.63) is 41.0 Å². The summed E-state index contributed by atoms with van der Waals surface area (Å²) in [4.78, 5) is 3.56. The third-order valence-electron chi connectivity index (χ3n) is 4.76. The number of methoxy groups -OCH3 is 1. The van der Waals surface area contributed by atoms with Gasteiger partial charge < -0.3 is 14.5 Å². The Labute approximate surface area is 135 Å². The molecule has 23 heavy (non-hydrogen) atoms. The average molecular weight is 307 g/mol. The first kappa shape index (κ1) is 14.2. The standard InChI is InChI=1S/C20H21NO2/c1-11-14-8-9-20(3,4)23-19(14)12(2)17-15-10-13(22-5)6-7-16(15)21-18(11)17/h6-10,21H,1-5H3. The number of benzene rings is 2. The molecule has 0 spiro atoms. The number of aromatic nitrogens is 1. The summed E-state index contributed by atoms with van der Waals surface area (Å²) in [6.45, 7) is 8.47. The maximum absolute atomic E-state index is 6.28. The van der Waals surface area contributed by atoms with Gasteiger partial charge in [0, 0.05) is 27.4 Å². The summed E-state index contributed by atoms with van der Waals surface area (Å²) in [7, 11) is 1.70. The molecular formula is C20H21NO2. The lowest BCUT2D eigenvalue weighted by atomic mass is 9.93. The first-order valence-corrected chi connectivity index (χ1v) is 7.92. The molecule has 0 fully saturated rings. The smallest absolute Gasteiger partial charge is 0.131 e. The van der Waals surface area contributed by atoms with Crippen LogP contribution in [-0.4, -0.2) is 17.7 Å². The van der Waals surface area contributed by atoms with Gasteiger partial charge in [0.25, 0.3) is 0 Å². The van der Waals surface area contributed by atoms with E-state index in [1.165, 1.54) is 33.0 Å². The zero-order chi connectivity index (χ0) is 16.4. The van der Waals surface area contributed by atoms with Gasteiger partial charge in [-0.05, 0) is 57.5 Å². The Morgan fingerprint density at radius 2 is 1.91 bits per heavy atom. The molecule has 3 heteroatoms. The van der Waals surface area contributed by atoms with Gasteiger partial charge in [-0.25, -0.2) is 0 Å². The first-order chi connectivity index (χ1) is 10.9. The maximum atomic E-state index is 6.28. The van der Waals surface area contributed by atoms with Gasteiger partial charge in [-0.15, -0.1) is 0 Å². The number of H-pyrrole nitrogens is 1. The zero-order valence-corrected chi connectivity index (χ0v) is 14.2. The van der Waals surface area contributed by atoms with E-state index in [1.807, 2.05) is 6.07 Å². The van der Waals surface area contributed by atoms with E-state index in [9.17, 15) is 0 Å². The maximum Gasteiger partial charge on any atom is 0.131 e. The van der Waals surface area contributed by atoms with Crippen molar-refractivity contribution in [2.75, 3.05) is 7.11 Å². The van der Waals surface area contributed by atoms with Crippen LogP contribution in [0, 0.1) is 13.8 Å². The lowest BCUT2D eigenvalue weighted by molar-refractivity contribution is 0.158. The molecule has 2 aromatic carbocycles. The molecule has 4 rings (SSSR count). The van der Waals surface area contributed by atoms with Gasteiger partial charge in [-0.3, -0.25) is 0 Å². The Hall–Kier alpha value is -2.42. The molecule has 0 saturated carbocycles. The van der Waals surface area contributed by atoms with E-state index >= 15 is 0 Å². The summed E-state index contributed by atoms with van der Waals surface area (Å²) in [5, 5.41) is 2.40. The fourth-order valence-electron chi connectivity index (χ4n) is 3.50. The Balaban J connectivity index is 2.14. The van der Waals surface area contributed by atoms with Crippen LogP contribution in [-0.2, 0) is 0 Å². The van der Waals surface area contributed by atoms with Gasteiger partial charge in [0.15, 0.2) is 0 Å². The minimum absolute atomic E-state index is 0.276. The summed E-state index contributed by atoms with van der Waals surface area (Å²) in [5.41, 5.74) is 5.60. The molecule has 0 bridgehead atoms. The second-order valence-electron chi connectivity index (χ2n) is 6.82. The second-order valence-corrected chi connectivity index (χ2v) is 6.82. The minimum Gasteiger partial charge on any atom is -0.497 e. The Morgan fingerprint density at radius 3 is 2.65 bits per heavy atom. The number of aryl methyl sites for hydroxylation is 2. The Morgan fingerprint density at radius 1 is 1.13 bits per heavy atom. The average Bonchev–Trinajstić information content (AvgIpc) is 2.90. The van der Waals surface area contributed by atoms with Crippen LogP contribution in [0.25, 0.3) is 27.9 Å². The van der Waals surface area contributed by atoms with Gasteiger partial charge in [-0.2, -0.15) is 0 Å². The number of hydrogen-bond donors (Lipinski definition) is 1. The van der Waals surface area contributed by atoms with E-state index in [1.54, 1.807) is 7.11 Å². The lowest BCUT2D eigenvalue weighted by Gasteiger charge is -2.30. The van der Waals surface area contributed by atoms with Crippen LogP contribution in [0.4, 0.5) is 0 Å². The Bertz CT molecular complexity index is 977. The van der Waals surface area contributed by atoms with Crippen molar-refractivity contribution in [3.8, 4) is 11.5 Å². The predicted octanol–water partition coefficient (Wildman–Crippen LogP) is 5.13. The fraction of sp³-hybridized carbons (Fsp3) is 0.300. The van der Waals surface area contributed by atoms with E-state index in [2.05, 4.69) is 57.0 Å². The molecular weight excluding hydrogens is 286 g/mol. The monoisotopic (exact) mass is 307 g/mol. The van der Waals surface area contributed by atoms with E-state index < -0.39 is 0 Å². The van der Waals surface area contributed by atoms with Gasteiger partial charge in [0.05, 0.1) is 12.6 Å². The normalized spacial score (nSPS) is 15.7. The van der Waals surface area contributed by atoms with Gasteiger partial charge >= 0.3 is 0 Å². The van der Waals surface area contributed by atoms with Crippen LogP contribution in [0.1, 0.15) is 30.5 Å². The molecule has 0 saturated heterocycles. The zero-order valence-electron chi connectivity index (χ0n) is 14.2. The van der Waals surface area contributed by atoms with Crippen LogP contribution in [0.2, 0.25) is 0 Å². The second kappa shape index (κ2) is 4.54. The summed E-state index contributed by atoms with van der Waals surface area (Å²) in [5.74, 6) is 1.86. The van der Waals surface area contributed by atoms with Gasteiger partial charge in [0.1, 0.15) is 17.1 Å². The number of aromatic amines is 1. The molecule has 1 aromatic heterocycles. The molecule has 3 nitrogen and oxygen atoms in total. The molecule has 0 atom stereocenters. The number of hydrogen-bond acceptors (Lipinski definition) is 2. The molecule has 1 N–H and O–H groups in total. The van der Waals surface area contributed by atoms with Crippen LogP contribution in [0.5, 0.6) is 11.5 Å². The first-order valence-electron chi connectivity index (χ1n) is 7.92. The summed E-state index contributed by atoms with van der Waals surface area (Å²) in [6, 6.07) is 6.16. The van der Waals surface area contributed by atoms with Crippen LogP contribution < -0.4 is 9.47 Å². The van der Waals surface area contributed by atoms with Gasteiger partial charge in [0.2, 0.25) is 0 Å². The van der Waals surface area contributed by atoms with Crippen molar-refractivity contribution in [2.24, 2.45) is 0 Å². The quantitative estimate of drug-likeness (QED) is 0.676. The molecule has 0 amide bonds. The highest BCUT2D eigenvalue weighted by atomic mass is 16.5. The van der Waals surface area contributed by atoms with Crippen molar-refractivity contribution < 1.29 is 9.47 Å². The molecule has 0 radical (unpaired) electrons. The molecule has 3 aromatic rings. The van der Waals surface area contributed by atoms with E-state index in [0.717, 1.165) is 17.0 Å². The molecule has 2 heterocycles. The third kappa shape index (κ3) is 1.96. The highest BCUT2D eigenvalue weighted by molar-refractivity contribution is 6.12. The van der Waals surface area contributed by atoms with Crippen molar-refractivity contribution >= 4 is 27.9 Å². The van der Waals surface area contributed by atoms with Crippen molar-refractivity contribution in [1.82, 2.24) is 4.98 Å². The predicted molar refractivity (Wildman–Crippen MR) is 95.6 cm³/mol. The van der Waals surface area contributed by atoms with Crippen LogP contribution in [0.3, 0.4) is 0 Å². The van der Waals surface area contributed by atoms with Crippen molar-refractivity contribution in [2.45, 2.75) is 33.3 Å². The molecule has 1 aliphatic heterocycles. The van der Waals surface area contributed by atoms with Crippen LogP contribution in [0.15, 0.2) is 24.3 Å². The SMILES string of the molecule is COc1ccc2[nH]c3c(C)c4c(c(C)c3c2c1)OC(C)(C)C=C4. The highest BCUT2D eigenvalue weighted by Gasteiger charge is 2.27. The molecule has 118 valence electrons. The number of rotatable bonds is 1. The summed E-state index contributed by atoms with van der Waals surface area (Å²) in [6.07, 6.45) is 4.31. The fourth-order valence-corrected chi connectivity index (χ4v) is 3.50. The molecule has 0 aliphatic carbocycles. The Kier molecular flexibility index (Phi) is 2.80. The topological polar surface area (TPSA) is 34.2 Å². The largest absolute Gasteiger partial charge is 0.497 e. The van der Waals surface area contributed by atoms with Gasteiger partial charge in [-0.1, -0.05) is 6.08 Å². The number of nitrogens with one attached hydrogen (secondary N) is 1. The number of ether oxygens (including phenoxy) is 2. The lowest BCUT2D eigenvalue weighted by Crippen LogP contribution is -2.28. The van der Waals surface area contributed by atoms with Crippen molar-refractivity contribution in [1.29, 1.82) is 0 Å². The van der Waals surface area contributed by atoms with Crippen LogP contribution >= 0.6 is 0 Å². The molecule has 0 unspecified atom stereocenters. The summed E-state index contributed by atoms with van der Waals surface area (Å²) < 4.78 is 11.7. The van der Waals surface area contributed by atoms with E-state index in [-0.39, 0.29) is 5.60 Å². The van der Waals surface area contributed by atoms with E-state index in [4.69, 9.17) is 9.47 Å². The number of fused-ring (bicyclic) bond motifs is 4. The minimum atomic E-state index is -0.276. The third-order valence-corrected chi connectivity index (χ3v) is 4.76. The summed E-state index contributed by atoms with van der Waals surface area (Å²) >= 11 is 0. The van der Waals surface area contributed by atoms with Crippen molar-refractivity contribution in [3.63, 3.8) is 0 Å². The van der Waals surface area contributed by atoms with E-state index in [0.29, 0.717) is 0 Å².